The molecule has 6 atom stereocenters. The Kier molecular flexibility index (Phi) is 11.1. The van der Waals surface area contributed by atoms with Crippen LogP contribution < -0.4 is 19.4 Å². The second kappa shape index (κ2) is 15.0. The van der Waals surface area contributed by atoms with Crippen molar-refractivity contribution in [1.82, 2.24) is 4.90 Å². The molecule has 3 aliphatic rings. The van der Waals surface area contributed by atoms with Gasteiger partial charge in [0.1, 0.15) is 17.4 Å². The molecule has 50 heavy (non-hydrogen) atoms. The molecule has 270 valence electrons. The number of hydrogen-bond donors (Lipinski definition) is 1. The van der Waals surface area contributed by atoms with Gasteiger partial charge in [-0.15, -0.1) is 13.2 Å². The molecule has 3 saturated heterocycles. The quantitative estimate of drug-likeness (QED) is 0.234. The maximum Gasteiger partial charge on any atom is 0.253 e. The summed E-state index contributed by atoms with van der Waals surface area (Å²) in [7, 11) is 0. The second-order valence-corrected chi connectivity index (χ2v) is 14.1. The number of carbonyl (C=O) groups excluding carboxylic acids is 3. The van der Waals surface area contributed by atoms with E-state index in [0.717, 1.165) is 18.8 Å². The number of likely N-dealkylation sites (tertiary alicyclic amines) is 1. The van der Waals surface area contributed by atoms with E-state index in [1.165, 1.54) is 0 Å². The lowest BCUT2D eigenvalue weighted by molar-refractivity contribution is -0.149. The van der Waals surface area contributed by atoms with E-state index in [1.54, 1.807) is 26.9 Å². The molecule has 0 aromatic heterocycles. The summed E-state index contributed by atoms with van der Waals surface area (Å²) in [5, 5.41) is 10.7. The van der Waals surface area contributed by atoms with Gasteiger partial charge in [0, 0.05) is 43.2 Å². The first-order valence-electron chi connectivity index (χ1n) is 18.0. The molecule has 10 heteroatoms. The molecule has 0 radical (unpaired) electrons. The SMILES string of the molecule is C=CCN(C(=O)C1N([C@@H](CO)C(C)C)C(=O)[C@@H]2[C@@H](C(=O)N(CC=C)c3ccc(OCC)cc3)[C@@]3(C)CCC12O3)c1ccc(N(CC)CC)cc1. The summed E-state index contributed by atoms with van der Waals surface area (Å²) in [5.41, 5.74) is 0.125. The molecule has 1 spiro atoms. The average molecular weight is 687 g/mol. The number of anilines is 3. The fourth-order valence-corrected chi connectivity index (χ4v) is 8.54. The van der Waals surface area contributed by atoms with Crippen LogP contribution in [0.4, 0.5) is 17.1 Å². The molecule has 2 aromatic rings. The Morgan fingerprint density at radius 3 is 1.98 bits per heavy atom. The topological polar surface area (TPSA) is 103 Å². The standard InChI is InChI=1S/C40H54N4O6/c1-9-24-42(30-18-20-31(21-19-30)49-13-5)36(46)33-34-37(47)44(32(26-45)27(6)7)35(40(34)23-22-39(33,8)50-40)38(48)43(25-10-2)29-16-14-28(15-17-29)41(11-3)12-4/h9-10,14-21,27,32-35,45H,1-2,11-13,22-26H2,3-8H3/t32-,33-,34-,35?,39+,40?/m0/s1. The van der Waals surface area contributed by atoms with E-state index in [1.807, 2.05) is 76.2 Å². The Bertz CT molecular complexity index is 1560. The molecule has 2 bridgehead atoms. The van der Waals surface area contributed by atoms with Crippen molar-refractivity contribution in [2.24, 2.45) is 17.8 Å². The predicted octanol–water partition coefficient (Wildman–Crippen LogP) is 5.45. The lowest BCUT2D eigenvalue weighted by Crippen LogP contribution is -2.60. The summed E-state index contributed by atoms with van der Waals surface area (Å²) in [4.78, 5) is 51.9. The molecule has 2 aromatic carbocycles. The molecule has 1 N–H and O–H groups in total. The highest BCUT2D eigenvalue weighted by molar-refractivity contribution is 6.07. The van der Waals surface area contributed by atoms with Crippen molar-refractivity contribution in [1.29, 1.82) is 0 Å². The van der Waals surface area contributed by atoms with Crippen LogP contribution in [0.25, 0.3) is 0 Å². The van der Waals surface area contributed by atoms with Crippen LogP contribution in [0.3, 0.4) is 0 Å². The fourth-order valence-electron chi connectivity index (χ4n) is 8.54. The highest BCUT2D eigenvalue weighted by Crippen LogP contribution is 2.64. The first-order valence-corrected chi connectivity index (χ1v) is 18.0. The lowest BCUT2D eigenvalue weighted by Gasteiger charge is -2.40. The molecular formula is C40H54N4O6. The first kappa shape index (κ1) is 37.1. The second-order valence-electron chi connectivity index (χ2n) is 14.1. The van der Waals surface area contributed by atoms with Crippen molar-refractivity contribution in [3.05, 3.63) is 73.8 Å². The molecule has 2 unspecified atom stereocenters. The van der Waals surface area contributed by atoms with E-state index < -0.39 is 35.1 Å². The van der Waals surface area contributed by atoms with Crippen molar-refractivity contribution in [2.75, 3.05) is 54.1 Å². The van der Waals surface area contributed by atoms with Crippen molar-refractivity contribution < 1.29 is 29.0 Å². The van der Waals surface area contributed by atoms with Gasteiger partial charge >= 0.3 is 0 Å². The highest BCUT2D eigenvalue weighted by atomic mass is 16.5. The van der Waals surface area contributed by atoms with Gasteiger partial charge in [-0.1, -0.05) is 26.0 Å². The van der Waals surface area contributed by atoms with E-state index in [2.05, 4.69) is 31.9 Å². The third-order valence-electron chi connectivity index (χ3n) is 10.9. The Morgan fingerprint density at radius 1 is 0.940 bits per heavy atom. The van der Waals surface area contributed by atoms with E-state index in [9.17, 15) is 14.7 Å². The van der Waals surface area contributed by atoms with Gasteiger partial charge in [-0.3, -0.25) is 14.4 Å². The van der Waals surface area contributed by atoms with Crippen LogP contribution in [-0.4, -0.2) is 90.4 Å². The monoisotopic (exact) mass is 686 g/mol. The Morgan fingerprint density at radius 2 is 1.48 bits per heavy atom. The van der Waals surface area contributed by atoms with Gasteiger partial charge in [-0.05, 0) is 95.0 Å². The van der Waals surface area contributed by atoms with E-state index in [4.69, 9.17) is 9.47 Å². The molecule has 10 nitrogen and oxygen atoms in total. The minimum absolute atomic E-state index is 0.168. The summed E-state index contributed by atoms with van der Waals surface area (Å²) < 4.78 is 12.6. The average Bonchev–Trinajstić information content (AvgIpc) is 3.68. The van der Waals surface area contributed by atoms with Crippen molar-refractivity contribution >= 4 is 34.8 Å². The van der Waals surface area contributed by atoms with Crippen LogP contribution in [0.15, 0.2) is 73.8 Å². The zero-order valence-electron chi connectivity index (χ0n) is 30.5. The number of rotatable bonds is 16. The van der Waals surface area contributed by atoms with Gasteiger partial charge in [-0.25, -0.2) is 0 Å². The molecule has 0 saturated carbocycles. The van der Waals surface area contributed by atoms with E-state index >= 15 is 4.79 Å². The van der Waals surface area contributed by atoms with Gasteiger partial charge in [0.2, 0.25) is 11.8 Å². The highest BCUT2D eigenvalue weighted by Gasteiger charge is 2.79. The Hall–Kier alpha value is -4.15. The van der Waals surface area contributed by atoms with Crippen LogP contribution in [0.1, 0.15) is 54.4 Å². The fraction of sp³-hybridized carbons (Fsp3) is 0.525. The smallest absolute Gasteiger partial charge is 0.253 e. The number of amides is 3. The molecule has 3 aliphatic heterocycles. The summed E-state index contributed by atoms with van der Waals surface area (Å²) in [5.74, 6) is -2.16. The summed E-state index contributed by atoms with van der Waals surface area (Å²) in [6, 6.07) is 13.4. The van der Waals surface area contributed by atoms with Crippen LogP contribution >= 0.6 is 0 Å². The molecule has 3 fully saturated rings. The maximum atomic E-state index is 15.1. The van der Waals surface area contributed by atoms with Gasteiger partial charge in [-0.2, -0.15) is 0 Å². The first-order chi connectivity index (χ1) is 24.0. The number of aliphatic hydroxyl groups is 1. The zero-order chi connectivity index (χ0) is 36.4. The van der Waals surface area contributed by atoms with Crippen LogP contribution in [0, 0.1) is 17.8 Å². The van der Waals surface area contributed by atoms with Crippen molar-refractivity contribution in [2.45, 2.75) is 77.7 Å². The zero-order valence-corrected chi connectivity index (χ0v) is 30.5. The van der Waals surface area contributed by atoms with Crippen LogP contribution in [-0.2, 0) is 19.1 Å². The van der Waals surface area contributed by atoms with E-state index in [0.29, 0.717) is 36.6 Å². The third-order valence-corrected chi connectivity index (χ3v) is 10.9. The van der Waals surface area contributed by atoms with Gasteiger partial charge in [0.05, 0.1) is 36.7 Å². The Balaban J connectivity index is 1.59. The summed E-state index contributed by atoms with van der Waals surface area (Å²) in [6.07, 6.45) is 4.26. The number of fused-ring (bicyclic) bond motifs is 1. The third kappa shape index (κ3) is 6.21. The van der Waals surface area contributed by atoms with E-state index in [-0.39, 0.29) is 43.3 Å². The number of nitrogens with zero attached hydrogens (tertiary/aromatic N) is 4. The van der Waals surface area contributed by atoms with Crippen molar-refractivity contribution in [3.63, 3.8) is 0 Å². The van der Waals surface area contributed by atoms with Gasteiger partial charge in [0.25, 0.3) is 5.91 Å². The number of aliphatic hydroxyl groups excluding tert-OH is 1. The predicted molar refractivity (Wildman–Crippen MR) is 197 cm³/mol. The Labute approximate surface area is 297 Å². The number of carbonyl (C=O) groups is 3. The van der Waals surface area contributed by atoms with Gasteiger partial charge < -0.3 is 34.2 Å². The minimum Gasteiger partial charge on any atom is -0.494 e. The number of hydrogen-bond acceptors (Lipinski definition) is 7. The number of ether oxygens (including phenoxy) is 2. The lowest BCUT2D eigenvalue weighted by atomic mass is 9.66. The van der Waals surface area contributed by atoms with Crippen molar-refractivity contribution in [3.8, 4) is 5.75 Å². The minimum atomic E-state index is -1.26. The molecular weight excluding hydrogens is 632 g/mol. The normalized spacial score (nSPS) is 25.7. The van der Waals surface area contributed by atoms with Crippen LogP contribution in [0.2, 0.25) is 0 Å². The van der Waals surface area contributed by atoms with Crippen LogP contribution in [0.5, 0.6) is 5.75 Å². The van der Waals surface area contributed by atoms with Gasteiger partial charge in [0.15, 0.2) is 0 Å². The molecule has 0 aliphatic carbocycles. The molecule has 5 rings (SSSR count). The molecule has 3 amide bonds. The summed E-state index contributed by atoms with van der Waals surface area (Å²) >= 11 is 0. The summed E-state index contributed by atoms with van der Waals surface area (Å²) in [6.45, 7) is 22.0. The molecule has 3 heterocycles. The largest absolute Gasteiger partial charge is 0.494 e. The maximum absolute atomic E-state index is 15.1. The number of benzene rings is 2.